The number of hydrogen-bond donors (Lipinski definition) is 1. The van der Waals surface area contributed by atoms with E-state index in [1.165, 1.54) is 0 Å². The van der Waals surface area contributed by atoms with Gasteiger partial charge in [0.1, 0.15) is 0 Å². The lowest BCUT2D eigenvalue weighted by Gasteiger charge is -2.13. The summed E-state index contributed by atoms with van der Waals surface area (Å²) in [6, 6.07) is 5.52. The number of rotatable bonds is 5. The molecule has 0 saturated carbocycles. The Balaban J connectivity index is 2.60. The third kappa shape index (κ3) is 5.14. The molecule has 1 N–H and O–H groups in total. The smallest absolute Gasteiger partial charge is 0.251 e. The predicted octanol–water partition coefficient (Wildman–Crippen LogP) is 4.24. The molecular formula is C12H14BrClINO. The number of amides is 1. The van der Waals surface area contributed by atoms with Gasteiger partial charge in [0.25, 0.3) is 5.91 Å². The lowest BCUT2D eigenvalue weighted by atomic mass is 10.1. The molecule has 0 aliphatic rings. The van der Waals surface area contributed by atoms with Gasteiger partial charge in [-0.2, -0.15) is 0 Å². The first kappa shape index (κ1) is 15.2. The van der Waals surface area contributed by atoms with Gasteiger partial charge in [-0.25, -0.2) is 0 Å². The Morgan fingerprint density at radius 1 is 1.59 bits per heavy atom. The summed E-state index contributed by atoms with van der Waals surface area (Å²) in [6.45, 7) is 2.01. The van der Waals surface area contributed by atoms with Gasteiger partial charge in [-0.05, 0) is 60.6 Å². The highest BCUT2D eigenvalue weighted by atomic mass is 127. The van der Waals surface area contributed by atoms with Crippen LogP contribution in [0, 0.1) is 3.57 Å². The van der Waals surface area contributed by atoms with E-state index in [4.69, 9.17) is 11.6 Å². The van der Waals surface area contributed by atoms with Crippen LogP contribution < -0.4 is 5.32 Å². The first-order chi connectivity index (χ1) is 8.04. The molecule has 1 amide bonds. The molecule has 0 aromatic heterocycles. The molecule has 17 heavy (non-hydrogen) atoms. The number of halogens is 3. The van der Waals surface area contributed by atoms with Crippen LogP contribution in [0.1, 0.15) is 30.1 Å². The number of hydrogen-bond acceptors (Lipinski definition) is 1. The molecule has 0 saturated heterocycles. The maximum absolute atomic E-state index is 11.9. The molecule has 1 rings (SSSR count). The van der Waals surface area contributed by atoms with Crippen LogP contribution in [0.4, 0.5) is 0 Å². The predicted molar refractivity (Wildman–Crippen MR) is 84.1 cm³/mol. The molecule has 0 spiro atoms. The highest BCUT2D eigenvalue weighted by molar-refractivity contribution is 14.1. The fourth-order valence-corrected chi connectivity index (χ4v) is 2.24. The van der Waals surface area contributed by atoms with Gasteiger partial charge in [-0.3, -0.25) is 4.79 Å². The number of benzene rings is 1. The van der Waals surface area contributed by atoms with Crippen molar-refractivity contribution in [3.63, 3.8) is 0 Å². The Morgan fingerprint density at radius 2 is 2.29 bits per heavy atom. The summed E-state index contributed by atoms with van der Waals surface area (Å²) in [7, 11) is 0. The molecule has 94 valence electrons. The Kier molecular flexibility index (Phi) is 6.80. The van der Waals surface area contributed by atoms with E-state index in [1.54, 1.807) is 12.1 Å². The van der Waals surface area contributed by atoms with Gasteiger partial charge >= 0.3 is 0 Å². The highest BCUT2D eigenvalue weighted by Crippen LogP contribution is 2.19. The van der Waals surface area contributed by atoms with Crippen LogP contribution in [0.25, 0.3) is 0 Å². The average molecular weight is 431 g/mol. The molecule has 0 radical (unpaired) electrons. The van der Waals surface area contributed by atoms with Crippen molar-refractivity contribution in [3.05, 3.63) is 32.4 Å². The van der Waals surface area contributed by atoms with Crippen LogP contribution >= 0.6 is 50.1 Å². The monoisotopic (exact) mass is 429 g/mol. The molecule has 0 fully saturated rings. The maximum atomic E-state index is 11.9. The number of carbonyl (C=O) groups excluding carboxylic acids is 1. The Morgan fingerprint density at radius 3 is 2.88 bits per heavy atom. The summed E-state index contributed by atoms with van der Waals surface area (Å²) in [4.78, 5) is 11.9. The van der Waals surface area contributed by atoms with Crippen molar-refractivity contribution in [3.8, 4) is 0 Å². The van der Waals surface area contributed by atoms with Gasteiger partial charge in [0.05, 0.1) is 5.02 Å². The number of nitrogens with one attached hydrogen (secondary N) is 1. The van der Waals surface area contributed by atoms with Crippen molar-refractivity contribution in [1.29, 1.82) is 0 Å². The van der Waals surface area contributed by atoms with E-state index in [2.05, 4.69) is 43.8 Å². The van der Waals surface area contributed by atoms with Crippen molar-refractivity contribution < 1.29 is 4.79 Å². The van der Waals surface area contributed by atoms with Gasteiger partial charge in [-0.15, -0.1) is 0 Å². The molecule has 0 aliphatic carbocycles. The zero-order chi connectivity index (χ0) is 12.8. The van der Waals surface area contributed by atoms with Crippen molar-refractivity contribution in [2.75, 3.05) is 5.33 Å². The zero-order valence-corrected chi connectivity index (χ0v) is 14.0. The zero-order valence-electron chi connectivity index (χ0n) is 9.47. The maximum Gasteiger partial charge on any atom is 0.251 e. The summed E-state index contributed by atoms with van der Waals surface area (Å²) < 4.78 is 0.952. The van der Waals surface area contributed by atoms with Gasteiger partial charge in [0, 0.05) is 20.5 Å². The van der Waals surface area contributed by atoms with Crippen LogP contribution in [0.3, 0.4) is 0 Å². The molecule has 1 aromatic carbocycles. The van der Waals surface area contributed by atoms with Crippen LogP contribution in [0.2, 0.25) is 5.02 Å². The van der Waals surface area contributed by atoms with E-state index in [1.807, 2.05) is 13.0 Å². The minimum absolute atomic E-state index is 0.0645. The van der Waals surface area contributed by atoms with Crippen LogP contribution in [0.5, 0.6) is 0 Å². The fourth-order valence-electron chi connectivity index (χ4n) is 1.40. The van der Waals surface area contributed by atoms with E-state index in [0.717, 1.165) is 21.7 Å². The largest absolute Gasteiger partial charge is 0.350 e. The second-order valence-electron chi connectivity index (χ2n) is 3.83. The van der Waals surface area contributed by atoms with Gasteiger partial charge in [-0.1, -0.05) is 27.5 Å². The number of alkyl halides is 1. The van der Waals surface area contributed by atoms with Crippen molar-refractivity contribution in [2.24, 2.45) is 0 Å². The SMILES string of the molecule is CC(CCCBr)NC(=O)c1ccc(I)c(Cl)c1. The fraction of sp³-hybridized carbons (Fsp3) is 0.417. The molecule has 0 aliphatic heterocycles. The summed E-state index contributed by atoms with van der Waals surface area (Å²) in [5, 5.41) is 4.53. The van der Waals surface area contributed by atoms with Gasteiger partial charge in [0.2, 0.25) is 0 Å². The van der Waals surface area contributed by atoms with E-state index in [0.29, 0.717) is 10.6 Å². The minimum atomic E-state index is -0.0645. The molecule has 2 nitrogen and oxygen atoms in total. The molecule has 1 aromatic rings. The van der Waals surface area contributed by atoms with Crippen molar-refractivity contribution in [2.45, 2.75) is 25.8 Å². The minimum Gasteiger partial charge on any atom is -0.350 e. The lowest BCUT2D eigenvalue weighted by molar-refractivity contribution is 0.0938. The van der Waals surface area contributed by atoms with Crippen LogP contribution in [0.15, 0.2) is 18.2 Å². The standard InChI is InChI=1S/C12H14BrClINO/c1-8(3-2-6-13)16-12(17)9-4-5-11(15)10(14)7-9/h4-5,7-8H,2-3,6H2,1H3,(H,16,17). The first-order valence-corrected chi connectivity index (χ1v) is 7.94. The van der Waals surface area contributed by atoms with Gasteiger partial charge in [0.15, 0.2) is 0 Å². The molecule has 1 unspecified atom stereocenters. The Labute approximate surface area is 129 Å². The Hall–Kier alpha value is 0.190. The molecule has 0 bridgehead atoms. The van der Waals surface area contributed by atoms with E-state index < -0.39 is 0 Å². The lowest BCUT2D eigenvalue weighted by Crippen LogP contribution is -2.32. The Bertz CT molecular complexity index is 400. The van der Waals surface area contributed by atoms with Crippen molar-refractivity contribution in [1.82, 2.24) is 5.32 Å². The van der Waals surface area contributed by atoms with Crippen LogP contribution in [-0.4, -0.2) is 17.3 Å². The van der Waals surface area contributed by atoms with E-state index in [9.17, 15) is 4.79 Å². The summed E-state index contributed by atoms with van der Waals surface area (Å²) >= 11 is 11.5. The summed E-state index contributed by atoms with van der Waals surface area (Å²) in [6.07, 6.45) is 2.02. The molecular weight excluding hydrogens is 416 g/mol. The summed E-state index contributed by atoms with van der Waals surface area (Å²) in [5.74, 6) is -0.0645. The topological polar surface area (TPSA) is 29.1 Å². The van der Waals surface area contributed by atoms with Crippen LogP contribution in [-0.2, 0) is 0 Å². The first-order valence-electron chi connectivity index (χ1n) is 5.36. The quantitative estimate of drug-likeness (QED) is 0.550. The average Bonchev–Trinajstić information content (AvgIpc) is 2.30. The van der Waals surface area contributed by atoms with E-state index >= 15 is 0 Å². The third-order valence-electron chi connectivity index (χ3n) is 2.33. The third-order valence-corrected chi connectivity index (χ3v) is 4.46. The normalized spacial score (nSPS) is 12.2. The van der Waals surface area contributed by atoms with E-state index in [-0.39, 0.29) is 11.9 Å². The number of carbonyl (C=O) groups is 1. The molecule has 1 atom stereocenters. The van der Waals surface area contributed by atoms with Gasteiger partial charge < -0.3 is 5.32 Å². The summed E-state index contributed by atoms with van der Waals surface area (Å²) in [5.41, 5.74) is 0.612. The second kappa shape index (κ2) is 7.59. The second-order valence-corrected chi connectivity index (χ2v) is 6.20. The molecule has 5 heteroatoms. The van der Waals surface area contributed by atoms with Crippen molar-refractivity contribution >= 4 is 56.0 Å². The molecule has 0 heterocycles. The highest BCUT2D eigenvalue weighted by Gasteiger charge is 2.10.